The fourth-order valence-corrected chi connectivity index (χ4v) is 2.26. The van der Waals surface area contributed by atoms with Crippen LogP contribution in [-0.4, -0.2) is 48.0 Å². The van der Waals surface area contributed by atoms with Crippen LogP contribution in [0.5, 0.6) is 0 Å². The van der Waals surface area contributed by atoms with Crippen molar-refractivity contribution in [2.45, 2.75) is 25.8 Å². The molecule has 0 bridgehead atoms. The van der Waals surface area contributed by atoms with E-state index in [2.05, 4.69) is 15.0 Å². The number of nitrogens with one attached hydrogen (secondary N) is 1. The molecule has 1 amide bonds. The number of amides is 1. The van der Waals surface area contributed by atoms with Crippen molar-refractivity contribution in [1.29, 1.82) is 0 Å². The topological polar surface area (TPSA) is 71.5 Å². The summed E-state index contributed by atoms with van der Waals surface area (Å²) in [6.45, 7) is 3.47. The van der Waals surface area contributed by atoms with E-state index < -0.39 is 5.97 Å². The average Bonchev–Trinajstić information content (AvgIpc) is 3.00. The van der Waals surface area contributed by atoms with Gasteiger partial charge in [-0.3, -0.25) is 4.79 Å². The molecule has 1 aromatic rings. The van der Waals surface area contributed by atoms with Crippen molar-refractivity contribution in [2.24, 2.45) is 0 Å². The van der Waals surface area contributed by atoms with Gasteiger partial charge in [-0.2, -0.15) is 0 Å². The number of anilines is 1. The van der Waals surface area contributed by atoms with Crippen LogP contribution in [0.3, 0.4) is 0 Å². The summed E-state index contributed by atoms with van der Waals surface area (Å²) in [6.07, 6.45) is 3.65. The Labute approximate surface area is 118 Å². The Morgan fingerprint density at radius 3 is 2.75 bits per heavy atom. The minimum absolute atomic E-state index is 0.0823. The number of nitrogens with zero attached hydrogens (tertiary/aromatic N) is 2. The van der Waals surface area contributed by atoms with Crippen LogP contribution < -0.4 is 5.32 Å². The van der Waals surface area contributed by atoms with Gasteiger partial charge in [-0.05, 0) is 31.9 Å². The maximum Gasteiger partial charge on any atom is 0.356 e. The molecule has 0 saturated carbocycles. The highest BCUT2D eigenvalue weighted by Gasteiger charge is 2.23. The number of likely N-dealkylation sites (tertiary alicyclic amines) is 1. The van der Waals surface area contributed by atoms with Gasteiger partial charge in [0, 0.05) is 25.0 Å². The summed E-state index contributed by atoms with van der Waals surface area (Å²) in [6, 6.07) is 2.97. The van der Waals surface area contributed by atoms with Crippen LogP contribution in [0.2, 0.25) is 0 Å². The first kappa shape index (κ1) is 14.3. The highest BCUT2D eigenvalue weighted by atomic mass is 16.5. The molecule has 6 nitrogen and oxygen atoms in total. The molecule has 6 heteroatoms. The van der Waals surface area contributed by atoms with Gasteiger partial charge in [0.15, 0.2) is 0 Å². The normalized spacial score (nSPS) is 15.8. The number of carbonyl (C=O) groups is 2. The molecule has 0 spiro atoms. The second kappa shape index (κ2) is 6.36. The third kappa shape index (κ3) is 3.26. The van der Waals surface area contributed by atoms with Crippen molar-refractivity contribution in [3.63, 3.8) is 0 Å². The van der Waals surface area contributed by atoms with Gasteiger partial charge in [-0.1, -0.05) is 0 Å². The van der Waals surface area contributed by atoms with Gasteiger partial charge in [0.05, 0.1) is 7.11 Å². The van der Waals surface area contributed by atoms with Gasteiger partial charge in [0.25, 0.3) is 0 Å². The molecular weight excluding hydrogens is 258 g/mol. The lowest BCUT2D eigenvalue weighted by atomic mass is 10.2. The van der Waals surface area contributed by atoms with Crippen LogP contribution in [0, 0.1) is 0 Å². The van der Waals surface area contributed by atoms with Gasteiger partial charge < -0.3 is 15.0 Å². The number of pyridine rings is 1. The molecule has 1 unspecified atom stereocenters. The number of carbonyl (C=O) groups excluding carboxylic acids is 2. The third-order valence-electron chi connectivity index (χ3n) is 3.33. The molecule has 0 aromatic carbocycles. The molecular formula is C14H19N3O3. The van der Waals surface area contributed by atoms with Crippen LogP contribution in [-0.2, 0) is 9.53 Å². The lowest BCUT2D eigenvalue weighted by molar-refractivity contribution is -0.130. The number of hydrogen-bond acceptors (Lipinski definition) is 5. The number of ether oxygens (including phenoxy) is 1. The highest BCUT2D eigenvalue weighted by molar-refractivity contribution is 5.89. The molecule has 0 aliphatic carbocycles. The Kier molecular flexibility index (Phi) is 4.55. The number of hydrogen-bond donors (Lipinski definition) is 1. The molecule has 1 aromatic heterocycles. The summed E-state index contributed by atoms with van der Waals surface area (Å²) in [7, 11) is 1.31. The van der Waals surface area contributed by atoms with Gasteiger partial charge in [-0.25, -0.2) is 9.78 Å². The predicted molar refractivity (Wildman–Crippen MR) is 74.5 cm³/mol. The molecule has 1 aliphatic rings. The fraction of sp³-hybridized carbons (Fsp3) is 0.500. The summed E-state index contributed by atoms with van der Waals surface area (Å²) < 4.78 is 4.62. The van der Waals surface area contributed by atoms with E-state index in [0.29, 0.717) is 5.69 Å². The number of methoxy groups -OCH3 is 1. The molecule has 2 rings (SSSR count). The van der Waals surface area contributed by atoms with Crippen LogP contribution in [0.15, 0.2) is 18.3 Å². The molecule has 1 N–H and O–H groups in total. The van der Waals surface area contributed by atoms with Gasteiger partial charge >= 0.3 is 5.97 Å². The quantitative estimate of drug-likeness (QED) is 0.840. The zero-order valence-corrected chi connectivity index (χ0v) is 11.8. The zero-order chi connectivity index (χ0) is 14.5. The van der Waals surface area contributed by atoms with Crippen molar-refractivity contribution >= 4 is 17.6 Å². The molecule has 1 saturated heterocycles. The van der Waals surface area contributed by atoms with E-state index in [1.165, 1.54) is 13.3 Å². The fourth-order valence-electron chi connectivity index (χ4n) is 2.26. The average molecular weight is 277 g/mol. The van der Waals surface area contributed by atoms with Crippen LogP contribution in [0.25, 0.3) is 0 Å². The smallest absolute Gasteiger partial charge is 0.356 e. The van der Waals surface area contributed by atoms with Gasteiger partial charge in [0.2, 0.25) is 5.91 Å². The predicted octanol–water partition coefficient (Wildman–Crippen LogP) is 1.29. The summed E-state index contributed by atoms with van der Waals surface area (Å²) >= 11 is 0. The van der Waals surface area contributed by atoms with Crippen molar-refractivity contribution < 1.29 is 14.3 Å². The Bertz CT molecular complexity index is 498. The Morgan fingerprint density at radius 2 is 2.10 bits per heavy atom. The molecule has 1 aliphatic heterocycles. The molecule has 1 fully saturated rings. The van der Waals surface area contributed by atoms with Crippen molar-refractivity contribution in [1.82, 2.24) is 9.88 Å². The maximum atomic E-state index is 12.2. The van der Waals surface area contributed by atoms with Crippen LogP contribution >= 0.6 is 0 Å². The van der Waals surface area contributed by atoms with E-state index in [0.717, 1.165) is 25.9 Å². The SMILES string of the molecule is COC(=O)c1cc(NC(C)C(=O)N2CCCC2)ccn1. The lowest BCUT2D eigenvalue weighted by Crippen LogP contribution is -2.39. The molecule has 2 heterocycles. The maximum absolute atomic E-state index is 12.2. The second-order valence-electron chi connectivity index (χ2n) is 4.82. The standard InChI is InChI=1S/C14H19N3O3/c1-10(13(18)17-7-3-4-8-17)16-11-5-6-15-12(9-11)14(19)20-2/h5-6,9-10H,3-4,7-8H2,1-2H3,(H,15,16). The Balaban J connectivity index is 2.01. The van der Waals surface area contributed by atoms with E-state index >= 15 is 0 Å². The molecule has 1 atom stereocenters. The highest BCUT2D eigenvalue weighted by Crippen LogP contribution is 2.14. The second-order valence-corrected chi connectivity index (χ2v) is 4.82. The van der Waals surface area contributed by atoms with Crippen LogP contribution in [0.1, 0.15) is 30.3 Å². The molecule has 0 radical (unpaired) electrons. The summed E-state index contributed by atoms with van der Waals surface area (Å²) in [5.41, 5.74) is 0.902. The van der Waals surface area contributed by atoms with E-state index in [4.69, 9.17) is 0 Å². The van der Waals surface area contributed by atoms with E-state index in [1.54, 1.807) is 12.1 Å². The Hall–Kier alpha value is -2.11. The van der Waals surface area contributed by atoms with Crippen molar-refractivity contribution in [3.8, 4) is 0 Å². The summed E-state index contributed by atoms with van der Waals surface area (Å²) in [5.74, 6) is -0.411. The van der Waals surface area contributed by atoms with Crippen molar-refractivity contribution in [2.75, 3.05) is 25.5 Å². The third-order valence-corrected chi connectivity index (χ3v) is 3.33. The van der Waals surface area contributed by atoms with Gasteiger partial charge in [-0.15, -0.1) is 0 Å². The first-order valence-electron chi connectivity index (χ1n) is 6.71. The first-order chi connectivity index (χ1) is 9.61. The first-order valence-corrected chi connectivity index (χ1v) is 6.71. The number of rotatable bonds is 4. The van der Waals surface area contributed by atoms with Crippen LogP contribution in [0.4, 0.5) is 5.69 Å². The van der Waals surface area contributed by atoms with E-state index in [-0.39, 0.29) is 17.6 Å². The monoisotopic (exact) mass is 277 g/mol. The van der Waals surface area contributed by atoms with Gasteiger partial charge in [0.1, 0.15) is 11.7 Å². The minimum atomic E-state index is -0.493. The summed E-state index contributed by atoms with van der Waals surface area (Å²) in [4.78, 5) is 29.4. The van der Waals surface area contributed by atoms with E-state index in [1.807, 2.05) is 11.8 Å². The summed E-state index contributed by atoms with van der Waals surface area (Å²) in [5, 5.41) is 3.10. The van der Waals surface area contributed by atoms with E-state index in [9.17, 15) is 9.59 Å². The molecule has 108 valence electrons. The number of aromatic nitrogens is 1. The lowest BCUT2D eigenvalue weighted by Gasteiger charge is -2.21. The molecule has 20 heavy (non-hydrogen) atoms. The largest absolute Gasteiger partial charge is 0.464 e. The zero-order valence-electron chi connectivity index (χ0n) is 11.8. The van der Waals surface area contributed by atoms with Crippen molar-refractivity contribution in [3.05, 3.63) is 24.0 Å². The minimum Gasteiger partial charge on any atom is -0.464 e. The Morgan fingerprint density at radius 1 is 1.40 bits per heavy atom. The number of esters is 1.